The summed E-state index contributed by atoms with van der Waals surface area (Å²) in [5, 5.41) is 18.1. The molecule has 0 saturated heterocycles. The number of halogens is 2. The Labute approximate surface area is 184 Å². The second kappa shape index (κ2) is 11.6. The molecule has 0 aliphatic rings. The van der Waals surface area contributed by atoms with Crippen molar-refractivity contribution in [1.29, 1.82) is 0 Å². The number of unbranched alkanes of at least 4 members (excludes halogenated alkanes) is 1. The minimum Gasteiger partial charge on any atom is -0.539 e. The van der Waals surface area contributed by atoms with Crippen molar-refractivity contribution >= 4 is 20.3 Å². The molecule has 1 unspecified atom stereocenters. The van der Waals surface area contributed by atoms with Gasteiger partial charge in [0.25, 0.3) is 8.32 Å². The Bertz CT molecular complexity index is 720. The molecule has 0 spiro atoms. The highest BCUT2D eigenvalue weighted by atomic mass is 28.4. The van der Waals surface area contributed by atoms with Gasteiger partial charge in [-0.1, -0.05) is 48.0 Å². The summed E-state index contributed by atoms with van der Waals surface area (Å²) in [5.41, 5.74) is 0.688. The van der Waals surface area contributed by atoms with Gasteiger partial charge in [0.05, 0.1) is 5.92 Å². The van der Waals surface area contributed by atoms with Crippen molar-refractivity contribution < 1.29 is 33.0 Å². The number of aliphatic carboxylic acids is 2. The van der Waals surface area contributed by atoms with Crippen LogP contribution in [0.2, 0.25) is 16.6 Å². The summed E-state index contributed by atoms with van der Waals surface area (Å²) in [5.74, 6) is -4.85. The minimum atomic E-state index is -2.55. The van der Waals surface area contributed by atoms with Gasteiger partial charge in [-0.3, -0.25) is 9.59 Å². The van der Waals surface area contributed by atoms with E-state index in [-0.39, 0.29) is 47.2 Å². The molecule has 0 fully saturated rings. The molecule has 0 aliphatic carbocycles. The smallest absolute Gasteiger partial charge is 0.306 e. The normalized spacial score (nSPS) is 13.1. The molecule has 0 heterocycles. The lowest BCUT2D eigenvalue weighted by Crippen LogP contribution is -2.51. The van der Waals surface area contributed by atoms with Crippen molar-refractivity contribution in [3.8, 4) is 5.75 Å². The second-order valence-electron chi connectivity index (χ2n) is 9.19. The van der Waals surface area contributed by atoms with Crippen molar-refractivity contribution in [2.24, 2.45) is 5.92 Å². The van der Waals surface area contributed by atoms with Gasteiger partial charge in [-0.25, -0.2) is 8.78 Å². The van der Waals surface area contributed by atoms with E-state index in [1.807, 2.05) is 41.5 Å². The molecule has 5 nitrogen and oxygen atoms in total. The van der Waals surface area contributed by atoms with E-state index in [0.717, 1.165) is 12.1 Å². The first kappa shape index (κ1) is 27.1. The van der Waals surface area contributed by atoms with Crippen LogP contribution >= 0.6 is 0 Å². The number of carbonyl (C=O) groups is 2. The first-order valence-corrected chi connectivity index (χ1v) is 13.1. The van der Waals surface area contributed by atoms with Gasteiger partial charge >= 0.3 is 11.9 Å². The molecule has 8 heteroatoms. The van der Waals surface area contributed by atoms with Gasteiger partial charge in [0.15, 0.2) is 17.4 Å². The van der Waals surface area contributed by atoms with Crippen molar-refractivity contribution in [3.05, 3.63) is 29.3 Å². The number of rotatable bonds is 13. The Kier molecular flexibility index (Phi) is 10.1. The third-order valence-corrected chi connectivity index (χ3v) is 12.0. The molecular weight excluding hydrogens is 422 g/mol. The van der Waals surface area contributed by atoms with E-state index in [1.165, 1.54) is 0 Å². The predicted octanol–water partition coefficient (Wildman–Crippen LogP) is 6.41. The van der Waals surface area contributed by atoms with Crippen molar-refractivity contribution in [3.63, 3.8) is 0 Å². The van der Waals surface area contributed by atoms with Gasteiger partial charge in [-0.05, 0) is 53.6 Å². The Morgan fingerprint density at radius 3 is 1.81 bits per heavy atom. The van der Waals surface area contributed by atoms with Crippen LogP contribution in [0.1, 0.15) is 72.8 Å². The highest BCUT2D eigenvalue weighted by Gasteiger charge is 2.47. The number of benzene rings is 1. The first-order chi connectivity index (χ1) is 14.3. The molecule has 176 valence electrons. The summed E-state index contributed by atoms with van der Waals surface area (Å²) < 4.78 is 36.0. The molecule has 0 saturated carbocycles. The zero-order valence-electron chi connectivity index (χ0n) is 19.4. The molecule has 1 aromatic carbocycles. The summed E-state index contributed by atoms with van der Waals surface area (Å²) in [6, 6.07) is 2.32. The fourth-order valence-corrected chi connectivity index (χ4v) is 9.88. The molecule has 0 aliphatic heterocycles. The zero-order valence-corrected chi connectivity index (χ0v) is 20.4. The highest BCUT2D eigenvalue weighted by molar-refractivity contribution is 6.78. The molecule has 0 aromatic heterocycles. The predicted molar refractivity (Wildman–Crippen MR) is 119 cm³/mol. The van der Waals surface area contributed by atoms with Crippen LogP contribution in [0.3, 0.4) is 0 Å². The molecule has 0 amide bonds. The Balaban J connectivity index is 3.09. The van der Waals surface area contributed by atoms with Crippen molar-refractivity contribution in [2.45, 2.75) is 90.3 Å². The maximum absolute atomic E-state index is 14.9. The molecule has 31 heavy (non-hydrogen) atoms. The van der Waals surface area contributed by atoms with Crippen molar-refractivity contribution in [1.82, 2.24) is 0 Å². The fourth-order valence-electron chi connectivity index (χ4n) is 4.62. The SMILES string of the molecule is CC(C)[Si](Oc1c(F)cc(CC(CCCCC(=O)O)C(=O)O)cc1F)(C(C)C)C(C)C. The minimum absolute atomic E-state index is 0.0301. The van der Waals surface area contributed by atoms with E-state index in [0.29, 0.717) is 12.8 Å². The third-order valence-electron chi connectivity index (χ3n) is 6.07. The molecular formula is C23H36F2O5Si. The Morgan fingerprint density at radius 1 is 0.935 bits per heavy atom. The number of carboxylic acids is 2. The molecule has 1 atom stereocenters. The maximum atomic E-state index is 14.9. The fraction of sp³-hybridized carbons (Fsp3) is 0.652. The number of hydrogen-bond donors (Lipinski definition) is 2. The van der Waals surface area contributed by atoms with Crippen molar-refractivity contribution in [2.75, 3.05) is 0 Å². The van der Waals surface area contributed by atoms with Gasteiger partial charge in [-0.2, -0.15) is 0 Å². The van der Waals surface area contributed by atoms with Crippen LogP contribution in [0, 0.1) is 17.6 Å². The molecule has 1 rings (SSSR count). The van der Waals surface area contributed by atoms with E-state index < -0.39 is 37.8 Å². The van der Waals surface area contributed by atoms with Gasteiger partial charge in [0, 0.05) is 6.42 Å². The summed E-state index contributed by atoms with van der Waals surface area (Å²) in [6.07, 6.45) is 0.961. The summed E-state index contributed by atoms with van der Waals surface area (Å²) in [6.45, 7) is 12.2. The van der Waals surface area contributed by atoms with Crippen LogP contribution in [0.4, 0.5) is 8.78 Å². The lowest BCUT2D eigenvalue weighted by Gasteiger charge is -2.42. The second-order valence-corrected chi connectivity index (χ2v) is 14.6. The average Bonchev–Trinajstić information content (AvgIpc) is 2.62. The molecule has 0 radical (unpaired) electrons. The third kappa shape index (κ3) is 7.02. The summed E-state index contributed by atoms with van der Waals surface area (Å²) in [7, 11) is -2.55. The molecule has 0 bridgehead atoms. The highest BCUT2D eigenvalue weighted by Crippen LogP contribution is 2.44. The molecule has 2 N–H and O–H groups in total. The van der Waals surface area contributed by atoms with Crippen LogP contribution in [0.15, 0.2) is 12.1 Å². The zero-order chi connectivity index (χ0) is 23.9. The number of carboxylic acid groups (broad SMARTS) is 2. The quantitative estimate of drug-likeness (QED) is 0.264. The van der Waals surface area contributed by atoms with E-state index in [2.05, 4.69) is 0 Å². The van der Waals surface area contributed by atoms with Crippen LogP contribution < -0.4 is 4.43 Å². The first-order valence-electron chi connectivity index (χ1n) is 10.9. The monoisotopic (exact) mass is 458 g/mol. The number of hydrogen-bond acceptors (Lipinski definition) is 3. The van der Waals surface area contributed by atoms with Gasteiger partial charge < -0.3 is 14.6 Å². The molecule has 1 aromatic rings. The van der Waals surface area contributed by atoms with Crippen LogP contribution in [-0.4, -0.2) is 30.5 Å². The maximum Gasteiger partial charge on any atom is 0.306 e. The largest absolute Gasteiger partial charge is 0.539 e. The lowest BCUT2D eigenvalue weighted by molar-refractivity contribution is -0.142. The lowest BCUT2D eigenvalue weighted by atomic mass is 9.93. The van der Waals surface area contributed by atoms with Crippen LogP contribution in [0.25, 0.3) is 0 Å². The Morgan fingerprint density at radius 2 is 1.42 bits per heavy atom. The Hall–Kier alpha value is -1.96. The van der Waals surface area contributed by atoms with Gasteiger partial charge in [0.1, 0.15) is 0 Å². The van der Waals surface area contributed by atoms with Crippen LogP contribution in [0.5, 0.6) is 5.75 Å². The van der Waals surface area contributed by atoms with Crippen LogP contribution in [-0.2, 0) is 16.0 Å². The van der Waals surface area contributed by atoms with E-state index in [1.54, 1.807) is 0 Å². The van der Waals surface area contributed by atoms with E-state index in [4.69, 9.17) is 9.53 Å². The van der Waals surface area contributed by atoms with Gasteiger partial charge in [-0.15, -0.1) is 0 Å². The van der Waals surface area contributed by atoms with E-state index >= 15 is 0 Å². The summed E-state index contributed by atoms with van der Waals surface area (Å²) in [4.78, 5) is 22.2. The average molecular weight is 459 g/mol. The topological polar surface area (TPSA) is 83.8 Å². The van der Waals surface area contributed by atoms with E-state index in [9.17, 15) is 23.5 Å². The summed E-state index contributed by atoms with van der Waals surface area (Å²) >= 11 is 0. The standard InChI is InChI=1S/C23H36F2O5Si/c1-14(2)31(15(3)4,16(5)6)30-22-19(24)12-17(13-20(22)25)11-18(23(28)29)9-7-8-10-21(26)27/h12-16,18H,7-11H2,1-6H3,(H,26,27)(H,28,29). The van der Waals surface area contributed by atoms with Gasteiger partial charge in [0.2, 0.25) is 0 Å².